The van der Waals surface area contributed by atoms with E-state index in [4.69, 9.17) is 5.73 Å². The summed E-state index contributed by atoms with van der Waals surface area (Å²) >= 11 is 0. The van der Waals surface area contributed by atoms with Crippen molar-refractivity contribution in [3.8, 4) is 0 Å². The molecule has 2 heterocycles. The molecule has 0 fully saturated rings. The summed E-state index contributed by atoms with van der Waals surface area (Å²) < 4.78 is 1.17. The second-order valence-corrected chi connectivity index (χ2v) is 5.95. The fourth-order valence-corrected chi connectivity index (χ4v) is 3.18. The van der Waals surface area contributed by atoms with E-state index in [1.54, 1.807) is 24.3 Å². The zero-order valence-electron chi connectivity index (χ0n) is 13.3. The monoisotopic (exact) mass is 332 g/mol. The molecule has 0 saturated carbocycles. The highest BCUT2D eigenvalue weighted by Gasteiger charge is 2.33. The van der Waals surface area contributed by atoms with E-state index in [0.29, 0.717) is 16.9 Å². The van der Waals surface area contributed by atoms with Crippen LogP contribution in [0.1, 0.15) is 33.8 Å². The van der Waals surface area contributed by atoms with E-state index in [-0.39, 0.29) is 30.0 Å². The van der Waals surface area contributed by atoms with Crippen molar-refractivity contribution in [2.24, 2.45) is 0 Å². The maximum absolute atomic E-state index is 12.7. The van der Waals surface area contributed by atoms with E-state index in [2.05, 4.69) is 10.4 Å². The minimum Gasteiger partial charge on any atom is -0.383 e. The number of rotatable bonds is 2. The summed E-state index contributed by atoms with van der Waals surface area (Å²) in [7, 11) is 0. The van der Waals surface area contributed by atoms with Crippen molar-refractivity contribution in [3.05, 3.63) is 77.4 Å². The highest BCUT2D eigenvalue weighted by atomic mass is 16.2. The minimum absolute atomic E-state index is 0.141. The van der Waals surface area contributed by atoms with E-state index in [1.165, 1.54) is 4.68 Å². The number of nitrogens with two attached hydrogens (primary N) is 1. The predicted molar refractivity (Wildman–Crippen MR) is 94.3 cm³/mol. The van der Waals surface area contributed by atoms with Gasteiger partial charge < -0.3 is 11.1 Å². The quantitative estimate of drug-likeness (QED) is 0.755. The van der Waals surface area contributed by atoms with Gasteiger partial charge in [0, 0.05) is 23.5 Å². The van der Waals surface area contributed by atoms with Crippen molar-refractivity contribution in [1.82, 2.24) is 9.78 Å². The Morgan fingerprint density at radius 1 is 1.08 bits per heavy atom. The number of benzene rings is 2. The molecule has 0 bridgehead atoms. The number of nitrogens with zero attached hydrogens (tertiary/aromatic N) is 2. The van der Waals surface area contributed by atoms with Gasteiger partial charge in [-0.2, -0.15) is 4.68 Å². The maximum atomic E-state index is 12.7. The van der Waals surface area contributed by atoms with Crippen molar-refractivity contribution in [1.29, 1.82) is 0 Å². The van der Waals surface area contributed by atoms with Crippen LogP contribution in [0.15, 0.2) is 60.7 Å². The largest absolute Gasteiger partial charge is 0.383 e. The lowest BCUT2D eigenvalue weighted by molar-refractivity contribution is -0.116. The van der Waals surface area contributed by atoms with Gasteiger partial charge in [0.25, 0.3) is 5.91 Å². The summed E-state index contributed by atoms with van der Waals surface area (Å²) in [4.78, 5) is 24.8. The molecule has 0 radical (unpaired) electrons. The molecule has 25 heavy (non-hydrogen) atoms. The molecule has 0 spiro atoms. The van der Waals surface area contributed by atoms with Gasteiger partial charge in [-0.15, -0.1) is 5.10 Å². The van der Waals surface area contributed by atoms with Gasteiger partial charge in [-0.1, -0.05) is 48.5 Å². The Morgan fingerprint density at radius 2 is 1.72 bits per heavy atom. The number of amides is 1. The summed E-state index contributed by atoms with van der Waals surface area (Å²) in [6.07, 6.45) is 0.270. The molecule has 1 amide bonds. The first-order valence-corrected chi connectivity index (χ1v) is 7.98. The summed E-state index contributed by atoms with van der Waals surface area (Å²) in [5.41, 5.74) is 8.41. The lowest BCUT2D eigenvalue weighted by Crippen LogP contribution is -2.23. The second kappa shape index (κ2) is 5.90. The Kier molecular flexibility index (Phi) is 3.57. The van der Waals surface area contributed by atoms with Crippen LogP contribution in [0.2, 0.25) is 0 Å². The van der Waals surface area contributed by atoms with E-state index >= 15 is 0 Å². The van der Waals surface area contributed by atoms with E-state index in [1.807, 2.05) is 36.4 Å². The van der Waals surface area contributed by atoms with Gasteiger partial charge in [0.2, 0.25) is 5.91 Å². The van der Waals surface area contributed by atoms with Crippen LogP contribution in [-0.4, -0.2) is 21.6 Å². The van der Waals surface area contributed by atoms with Gasteiger partial charge in [-0.3, -0.25) is 9.59 Å². The summed E-state index contributed by atoms with van der Waals surface area (Å²) in [5, 5.41) is 6.99. The number of aromatic nitrogens is 2. The van der Waals surface area contributed by atoms with Crippen LogP contribution in [0, 0.1) is 0 Å². The molecule has 1 unspecified atom stereocenters. The van der Waals surface area contributed by atoms with E-state index in [9.17, 15) is 9.59 Å². The van der Waals surface area contributed by atoms with Crippen molar-refractivity contribution in [2.75, 3.05) is 11.1 Å². The molecule has 6 heteroatoms. The van der Waals surface area contributed by atoms with Crippen LogP contribution in [0.4, 0.5) is 11.6 Å². The normalized spacial score (nSPS) is 16.2. The smallest absolute Gasteiger partial charge is 0.280 e. The third-order valence-corrected chi connectivity index (χ3v) is 4.37. The molecule has 1 aromatic heterocycles. The first-order chi connectivity index (χ1) is 12.1. The maximum Gasteiger partial charge on any atom is 0.280 e. The summed E-state index contributed by atoms with van der Waals surface area (Å²) in [6, 6.07) is 18.4. The van der Waals surface area contributed by atoms with Gasteiger partial charge in [0.05, 0.1) is 0 Å². The highest BCUT2D eigenvalue weighted by Crippen LogP contribution is 2.40. The van der Waals surface area contributed by atoms with Crippen molar-refractivity contribution >= 4 is 23.5 Å². The molecule has 6 nitrogen and oxygen atoms in total. The molecule has 1 atom stereocenters. The number of hydrogen-bond acceptors (Lipinski definition) is 4. The Bertz CT molecular complexity index is 948. The number of hydrogen-bond donors (Lipinski definition) is 2. The topological polar surface area (TPSA) is 90.0 Å². The van der Waals surface area contributed by atoms with E-state index < -0.39 is 0 Å². The highest BCUT2D eigenvalue weighted by molar-refractivity contribution is 6.00. The van der Waals surface area contributed by atoms with Crippen molar-refractivity contribution in [2.45, 2.75) is 12.3 Å². The van der Waals surface area contributed by atoms with Gasteiger partial charge in [-0.05, 0) is 17.7 Å². The number of carbonyl (C=O) groups excluding carboxylic acids is 2. The zero-order chi connectivity index (χ0) is 17.4. The molecular formula is C19H16N4O2. The SMILES string of the molecule is Nc1c2c(nn1C(=O)c1ccccc1)NC(=O)CC2c1ccccc1. The Hall–Kier alpha value is -3.41. The molecule has 1 aliphatic heterocycles. The Morgan fingerprint density at radius 3 is 2.40 bits per heavy atom. The Balaban J connectivity index is 1.82. The van der Waals surface area contributed by atoms with Crippen LogP contribution in [0.5, 0.6) is 0 Å². The Labute approximate surface area is 144 Å². The number of nitrogens with one attached hydrogen (secondary N) is 1. The zero-order valence-corrected chi connectivity index (χ0v) is 13.3. The average molecular weight is 332 g/mol. The fourth-order valence-electron chi connectivity index (χ4n) is 3.18. The number of carbonyl (C=O) groups is 2. The van der Waals surface area contributed by atoms with Gasteiger partial charge >= 0.3 is 0 Å². The summed E-state index contributed by atoms with van der Waals surface area (Å²) in [6.45, 7) is 0. The lowest BCUT2D eigenvalue weighted by atomic mass is 9.87. The van der Waals surface area contributed by atoms with Crippen LogP contribution in [0.3, 0.4) is 0 Å². The standard InChI is InChI=1S/C19H16N4O2/c20-17-16-14(12-7-3-1-4-8-12)11-15(24)21-18(16)22-23(17)19(25)13-9-5-2-6-10-13/h1-10,14H,11,20H2,(H,21,22,24). The summed E-state index contributed by atoms with van der Waals surface area (Å²) in [5.74, 6) is -0.0708. The second-order valence-electron chi connectivity index (χ2n) is 5.95. The van der Waals surface area contributed by atoms with E-state index in [0.717, 1.165) is 5.56 Å². The van der Waals surface area contributed by atoms with Crippen molar-refractivity contribution in [3.63, 3.8) is 0 Å². The molecule has 124 valence electrons. The average Bonchev–Trinajstić information content (AvgIpc) is 2.98. The van der Waals surface area contributed by atoms with Crippen LogP contribution in [-0.2, 0) is 4.79 Å². The molecule has 3 N–H and O–H groups in total. The fraction of sp³-hybridized carbons (Fsp3) is 0.105. The number of fused-ring (bicyclic) bond motifs is 1. The molecule has 0 aliphatic carbocycles. The molecule has 1 aliphatic rings. The van der Waals surface area contributed by atoms with Crippen LogP contribution in [0.25, 0.3) is 0 Å². The first-order valence-electron chi connectivity index (χ1n) is 7.98. The molecule has 3 aromatic rings. The van der Waals surface area contributed by atoms with Crippen LogP contribution >= 0.6 is 0 Å². The number of nitrogen functional groups attached to an aromatic ring is 1. The minimum atomic E-state index is -0.325. The first kappa shape index (κ1) is 15.1. The van der Waals surface area contributed by atoms with Gasteiger partial charge in [0.15, 0.2) is 5.82 Å². The molecular weight excluding hydrogens is 316 g/mol. The van der Waals surface area contributed by atoms with Crippen LogP contribution < -0.4 is 11.1 Å². The molecule has 2 aromatic carbocycles. The third kappa shape index (κ3) is 2.57. The third-order valence-electron chi connectivity index (χ3n) is 4.37. The lowest BCUT2D eigenvalue weighted by Gasteiger charge is -2.22. The van der Waals surface area contributed by atoms with Gasteiger partial charge in [-0.25, -0.2) is 0 Å². The van der Waals surface area contributed by atoms with Gasteiger partial charge in [0.1, 0.15) is 5.82 Å². The number of anilines is 2. The predicted octanol–water partition coefficient (Wildman–Crippen LogP) is 2.63. The van der Waals surface area contributed by atoms with Crippen molar-refractivity contribution < 1.29 is 9.59 Å². The molecule has 0 saturated heterocycles. The molecule has 4 rings (SSSR count).